The van der Waals surface area contributed by atoms with Gasteiger partial charge in [0.2, 0.25) is 13.0 Å². The van der Waals surface area contributed by atoms with Crippen molar-refractivity contribution < 1.29 is 28.1 Å². The van der Waals surface area contributed by atoms with Crippen LogP contribution in [-0.2, 0) is 18.6 Å². The molecule has 2 N–H and O–H groups in total. The highest BCUT2D eigenvalue weighted by molar-refractivity contribution is 8.39. The maximum absolute atomic E-state index is 14.6. The number of nitrogens with one attached hydrogen (secondary N) is 1. The number of hydrogen-bond acceptors (Lipinski definition) is 7. The van der Waals surface area contributed by atoms with Gasteiger partial charge in [-0.05, 0) is 0 Å². The van der Waals surface area contributed by atoms with Crippen molar-refractivity contribution in [2.45, 2.75) is 24.3 Å². The molecule has 1 fully saturated rings. The lowest BCUT2D eigenvalue weighted by Crippen LogP contribution is -2.47. The largest absolute Gasteiger partial charge is 0.391 e. The number of aliphatic hydroxyl groups excluding tert-OH is 1. The van der Waals surface area contributed by atoms with Gasteiger partial charge in [0.25, 0.3) is 5.56 Å². The summed E-state index contributed by atoms with van der Waals surface area (Å²) in [7, 11) is -1.74. The number of halogens is 1. The van der Waals surface area contributed by atoms with Crippen LogP contribution in [0.3, 0.4) is 0 Å². The van der Waals surface area contributed by atoms with Crippen molar-refractivity contribution in [3.63, 3.8) is 0 Å². The number of alkyl halides is 1. The Morgan fingerprint density at radius 2 is 2.32 bits per heavy atom. The summed E-state index contributed by atoms with van der Waals surface area (Å²) in [5.41, 5.74) is -1.58. The van der Waals surface area contributed by atoms with E-state index in [0.717, 1.165) is 23.9 Å². The molecule has 0 bridgehead atoms. The summed E-state index contributed by atoms with van der Waals surface area (Å²) < 4.78 is 41.7. The first kappa shape index (κ1) is 17.4. The van der Waals surface area contributed by atoms with Crippen molar-refractivity contribution in [1.82, 2.24) is 9.55 Å². The molecule has 1 saturated heterocycles. The molecule has 1 aliphatic heterocycles. The summed E-state index contributed by atoms with van der Waals surface area (Å²) in [4.78, 5) is 24.7. The second-order valence-corrected chi connectivity index (χ2v) is 6.31. The molecule has 9 nitrogen and oxygen atoms in total. The van der Waals surface area contributed by atoms with E-state index in [4.69, 9.17) is 14.0 Å². The predicted octanol–water partition coefficient (Wildman–Crippen LogP) is -0.557. The lowest BCUT2D eigenvalue weighted by molar-refractivity contribution is -0.265. The average molecular weight is 356 g/mol. The number of H-pyrrole nitrogens is 1. The zero-order valence-corrected chi connectivity index (χ0v) is 13.2. The minimum Gasteiger partial charge on any atom is -0.391 e. The molecule has 0 aliphatic carbocycles. The Morgan fingerprint density at radius 3 is 2.82 bits per heavy atom. The minimum absolute atomic E-state index is 0.664. The molecule has 0 spiro atoms. The molecule has 0 saturated carbocycles. The quantitative estimate of drug-likeness (QED) is 0.478. The van der Waals surface area contributed by atoms with Gasteiger partial charge in [0.15, 0.2) is 18.5 Å². The number of thiol groups is 1. The van der Waals surface area contributed by atoms with Crippen molar-refractivity contribution in [1.29, 1.82) is 0 Å². The van der Waals surface area contributed by atoms with E-state index >= 15 is 0 Å². The van der Waals surface area contributed by atoms with Crippen LogP contribution in [0.5, 0.6) is 0 Å². The van der Waals surface area contributed by atoms with Crippen molar-refractivity contribution in [3.8, 4) is 0 Å². The van der Waals surface area contributed by atoms with Gasteiger partial charge in [-0.1, -0.05) is 12.2 Å². The highest BCUT2D eigenvalue weighted by Gasteiger charge is 2.58. The molecule has 3 unspecified atom stereocenters. The van der Waals surface area contributed by atoms with Gasteiger partial charge in [-0.15, -0.1) is 0 Å². The van der Waals surface area contributed by atoms with Crippen LogP contribution < -0.4 is 11.2 Å². The standard InChI is InChI=1S/C10H14FN2O7PS/c1-18-10(4-14)7(20-21(17)22)6(11)8(19-10)13-3-2-5(15)12-9(13)16/h2-3,6-8,14,21H,4H2,1H3,(H,17,22)(H,12,15,16)/t6?,7?,8-,10-/m1/s1. The number of ether oxygens (including phenoxy) is 2. The van der Waals surface area contributed by atoms with Crippen LogP contribution >= 0.6 is 19.5 Å². The number of aromatic amines is 1. The van der Waals surface area contributed by atoms with Gasteiger partial charge in [-0.3, -0.25) is 18.9 Å². The monoisotopic (exact) mass is 356 g/mol. The zero-order chi connectivity index (χ0) is 16.5. The van der Waals surface area contributed by atoms with Crippen LogP contribution in [-0.4, -0.2) is 46.4 Å². The Labute approximate surface area is 129 Å². The fourth-order valence-corrected chi connectivity index (χ4v) is 3.05. The fourth-order valence-electron chi connectivity index (χ4n) is 2.19. The van der Waals surface area contributed by atoms with Crippen LogP contribution in [0, 0.1) is 0 Å². The van der Waals surface area contributed by atoms with Gasteiger partial charge < -0.3 is 19.1 Å². The maximum atomic E-state index is 14.6. The second-order valence-electron chi connectivity index (χ2n) is 4.45. The third-order valence-electron chi connectivity index (χ3n) is 3.23. The van der Waals surface area contributed by atoms with Crippen molar-refractivity contribution in [3.05, 3.63) is 33.1 Å². The number of hydrogen-bond donors (Lipinski definition) is 3. The van der Waals surface area contributed by atoms with E-state index in [1.54, 1.807) is 0 Å². The summed E-state index contributed by atoms with van der Waals surface area (Å²) >= 11 is 3.57. The zero-order valence-electron chi connectivity index (χ0n) is 11.3. The van der Waals surface area contributed by atoms with Crippen molar-refractivity contribution >= 4 is 19.5 Å². The van der Waals surface area contributed by atoms with E-state index in [1.165, 1.54) is 0 Å². The van der Waals surface area contributed by atoms with E-state index < -0.39 is 49.4 Å². The molecule has 1 aromatic heterocycles. The van der Waals surface area contributed by atoms with Gasteiger partial charge in [-0.25, -0.2) is 9.18 Å². The third kappa shape index (κ3) is 3.05. The Kier molecular flexibility index (Phi) is 5.25. The van der Waals surface area contributed by atoms with E-state index in [0.29, 0.717) is 0 Å². The van der Waals surface area contributed by atoms with Crippen LogP contribution in [0.4, 0.5) is 4.39 Å². The molecule has 2 heterocycles. The highest BCUT2D eigenvalue weighted by Crippen LogP contribution is 2.45. The third-order valence-corrected chi connectivity index (χ3v) is 4.01. The molecular formula is C10H14FN2O7PS. The summed E-state index contributed by atoms with van der Waals surface area (Å²) in [5.74, 6) is -1.96. The molecule has 1 aromatic rings. The maximum Gasteiger partial charge on any atom is 0.330 e. The van der Waals surface area contributed by atoms with E-state index in [9.17, 15) is 23.7 Å². The Hall–Kier alpha value is -0.970. The first-order valence-electron chi connectivity index (χ1n) is 6.03. The number of aromatic nitrogens is 2. The molecule has 0 aromatic carbocycles. The topological polar surface area (TPSA) is 120 Å². The van der Waals surface area contributed by atoms with Crippen molar-refractivity contribution in [2.24, 2.45) is 0 Å². The number of rotatable bonds is 5. The first-order valence-corrected chi connectivity index (χ1v) is 8.64. The summed E-state index contributed by atoms with van der Waals surface area (Å²) in [6.07, 6.45) is -4.09. The van der Waals surface area contributed by atoms with Gasteiger partial charge in [0, 0.05) is 19.4 Å². The fraction of sp³-hybridized carbons (Fsp3) is 0.600. The molecule has 0 radical (unpaired) electrons. The molecular weight excluding hydrogens is 342 g/mol. The highest BCUT2D eigenvalue weighted by atomic mass is 32.7. The van der Waals surface area contributed by atoms with Crippen LogP contribution in [0.15, 0.2) is 21.9 Å². The van der Waals surface area contributed by atoms with Crippen molar-refractivity contribution in [2.75, 3.05) is 13.7 Å². The molecule has 0 amide bonds. The van der Waals surface area contributed by atoms with E-state index in [-0.39, 0.29) is 0 Å². The SMILES string of the molecule is CO[C@]1(CO)O[C@@H](n2ccc(=O)[nH]c2=O)C(F)C1O[PH](=O)S. The number of nitrogens with zero attached hydrogens (tertiary/aromatic N) is 1. The molecule has 5 atom stereocenters. The number of aliphatic hydroxyl groups is 1. The van der Waals surface area contributed by atoms with Gasteiger partial charge in [0.05, 0.1) is 0 Å². The summed E-state index contributed by atoms with van der Waals surface area (Å²) in [5, 5.41) is 9.44. The number of methoxy groups -OCH3 is 1. The first-order chi connectivity index (χ1) is 10.3. The normalized spacial score (nSPS) is 33.0. The van der Waals surface area contributed by atoms with Crippen LogP contribution in [0.2, 0.25) is 0 Å². The lowest BCUT2D eigenvalue weighted by atomic mass is 10.1. The molecule has 124 valence electrons. The second kappa shape index (κ2) is 6.65. The van der Waals surface area contributed by atoms with Crippen LogP contribution in [0.1, 0.15) is 6.23 Å². The molecule has 22 heavy (non-hydrogen) atoms. The summed E-state index contributed by atoms with van der Waals surface area (Å²) in [6, 6.07) is 1.00. The molecule has 2 rings (SSSR count). The molecule has 1 aliphatic rings. The Morgan fingerprint density at radius 1 is 1.64 bits per heavy atom. The van der Waals surface area contributed by atoms with Gasteiger partial charge >= 0.3 is 5.69 Å². The smallest absolute Gasteiger partial charge is 0.330 e. The van der Waals surface area contributed by atoms with Gasteiger partial charge in [0.1, 0.15) is 6.61 Å². The minimum atomic E-state index is -2.87. The summed E-state index contributed by atoms with van der Waals surface area (Å²) in [6.45, 7) is -0.813. The van der Waals surface area contributed by atoms with E-state index in [2.05, 4.69) is 12.2 Å². The van der Waals surface area contributed by atoms with E-state index in [1.807, 2.05) is 4.98 Å². The van der Waals surface area contributed by atoms with Crippen LogP contribution in [0.25, 0.3) is 0 Å². The van der Waals surface area contributed by atoms with Gasteiger partial charge in [-0.2, -0.15) is 0 Å². The molecule has 12 heteroatoms. The Balaban J connectivity index is 2.45. The predicted molar refractivity (Wildman–Crippen MR) is 76.0 cm³/mol. The Bertz CT molecular complexity index is 676. The average Bonchev–Trinajstić information content (AvgIpc) is 2.73. The lowest BCUT2D eigenvalue weighted by Gasteiger charge is -2.29.